The van der Waals surface area contributed by atoms with Gasteiger partial charge in [-0.25, -0.2) is 13.2 Å². The number of rotatable bonds is 7. The molecule has 0 radical (unpaired) electrons. The first-order chi connectivity index (χ1) is 16.3. The zero-order chi connectivity index (χ0) is 24.2. The number of piperidine rings is 1. The lowest BCUT2D eigenvalue weighted by Crippen LogP contribution is -3.12. The molecule has 4 rings (SSSR count). The summed E-state index contributed by atoms with van der Waals surface area (Å²) in [5, 5.41) is 12.1. The Labute approximate surface area is 204 Å². The van der Waals surface area contributed by atoms with Crippen LogP contribution in [-0.4, -0.2) is 39.5 Å². The fourth-order valence-electron chi connectivity index (χ4n) is 4.05. The lowest BCUT2D eigenvalue weighted by atomic mass is 10.1. The average Bonchev–Trinajstić information content (AvgIpc) is 3.27. The Morgan fingerprint density at radius 2 is 1.79 bits per heavy atom. The van der Waals surface area contributed by atoms with E-state index in [4.69, 9.17) is 11.6 Å². The van der Waals surface area contributed by atoms with E-state index in [2.05, 4.69) is 22.4 Å². The summed E-state index contributed by atoms with van der Waals surface area (Å²) < 4.78 is 42.4. The van der Waals surface area contributed by atoms with Crippen LogP contribution in [0.3, 0.4) is 0 Å². The van der Waals surface area contributed by atoms with Crippen molar-refractivity contribution in [1.29, 1.82) is 0 Å². The summed E-state index contributed by atoms with van der Waals surface area (Å²) in [7, 11) is 0. The molecule has 2 aromatic carbocycles. The number of aromatic nitrogens is 3. The van der Waals surface area contributed by atoms with E-state index in [0.717, 1.165) is 61.3 Å². The van der Waals surface area contributed by atoms with E-state index in [1.54, 1.807) is 12.1 Å². The SMILES string of the molecule is C[C@@H](c1nnc(SCC(=O)Nc2ccc(F)c(F)c2F)n1-c1ccc(Cl)cc1)[NH+]1CCCCC1. The van der Waals surface area contributed by atoms with Crippen molar-refractivity contribution in [2.75, 3.05) is 24.2 Å². The van der Waals surface area contributed by atoms with Crippen molar-refractivity contribution in [2.45, 2.75) is 37.4 Å². The van der Waals surface area contributed by atoms with Gasteiger partial charge in [0.05, 0.1) is 24.5 Å². The van der Waals surface area contributed by atoms with Crippen molar-refractivity contribution in [3.05, 3.63) is 64.7 Å². The van der Waals surface area contributed by atoms with Crippen LogP contribution in [0.25, 0.3) is 5.69 Å². The molecule has 1 aliphatic heterocycles. The van der Waals surface area contributed by atoms with Crippen LogP contribution in [0.15, 0.2) is 41.6 Å². The molecule has 6 nitrogen and oxygen atoms in total. The summed E-state index contributed by atoms with van der Waals surface area (Å²) in [5.74, 6) is -4.34. The number of hydrogen-bond acceptors (Lipinski definition) is 4. The predicted octanol–water partition coefficient (Wildman–Crippen LogP) is 4.20. The van der Waals surface area contributed by atoms with E-state index in [1.807, 2.05) is 16.7 Å². The standard InChI is InChI=1S/C23H23ClF3N5OS/c1-14(31-11-3-2-4-12-31)22-29-30-23(32(22)16-7-5-15(24)6-8-16)34-13-19(33)28-18-10-9-17(25)20(26)21(18)27/h5-10,14H,2-4,11-13H2,1H3,(H,28,33)/p+1/t14-/m0/s1. The molecule has 2 N–H and O–H groups in total. The molecule has 1 amide bonds. The third-order valence-electron chi connectivity index (χ3n) is 5.88. The van der Waals surface area contributed by atoms with Crippen LogP contribution >= 0.6 is 23.4 Å². The first kappa shape index (κ1) is 24.6. The van der Waals surface area contributed by atoms with Gasteiger partial charge in [0.25, 0.3) is 0 Å². The third-order valence-corrected chi connectivity index (χ3v) is 7.06. The highest BCUT2D eigenvalue weighted by Gasteiger charge is 2.29. The molecule has 0 spiro atoms. The number of carbonyl (C=O) groups excluding carboxylic acids is 1. The van der Waals surface area contributed by atoms with Crippen LogP contribution in [-0.2, 0) is 4.79 Å². The summed E-state index contributed by atoms with van der Waals surface area (Å²) in [6.45, 7) is 4.22. The third kappa shape index (κ3) is 5.39. The second kappa shape index (κ2) is 10.8. The minimum Gasteiger partial charge on any atom is -0.326 e. The van der Waals surface area contributed by atoms with E-state index in [0.29, 0.717) is 10.2 Å². The van der Waals surface area contributed by atoms with E-state index < -0.39 is 29.0 Å². The zero-order valence-electron chi connectivity index (χ0n) is 18.5. The van der Waals surface area contributed by atoms with Crippen molar-refractivity contribution in [3.63, 3.8) is 0 Å². The topological polar surface area (TPSA) is 64.2 Å². The number of anilines is 1. The van der Waals surface area contributed by atoms with Crippen molar-refractivity contribution in [1.82, 2.24) is 14.8 Å². The first-order valence-corrected chi connectivity index (χ1v) is 12.3. The number of nitrogens with zero attached hydrogens (tertiary/aromatic N) is 3. The lowest BCUT2D eigenvalue weighted by molar-refractivity contribution is -0.935. The molecule has 1 atom stereocenters. The van der Waals surface area contributed by atoms with Gasteiger partial charge in [-0.15, -0.1) is 10.2 Å². The Balaban J connectivity index is 1.55. The van der Waals surface area contributed by atoms with Crippen LogP contribution in [0.2, 0.25) is 5.02 Å². The molecule has 0 saturated carbocycles. The summed E-state index contributed by atoms with van der Waals surface area (Å²) in [5.41, 5.74) is 0.383. The molecule has 1 aromatic heterocycles. The molecule has 2 heterocycles. The Morgan fingerprint density at radius 1 is 1.09 bits per heavy atom. The normalized spacial score (nSPS) is 15.3. The Morgan fingerprint density at radius 3 is 2.50 bits per heavy atom. The number of likely N-dealkylation sites (tertiary alicyclic amines) is 1. The first-order valence-electron chi connectivity index (χ1n) is 11.0. The van der Waals surface area contributed by atoms with E-state index in [9.17, 15) is 18.0 Å². The molecule has 0 unspecified atom stereocenters. The lowest BCUT2D eigenvalue weighted by Gasteiger charge is -2.29. The van der Waals surface area contributed by atoms with Gasteiger partial charge in [-0.05, 0) is 62.6 Å². The van der Waals surface area contributed by atoms with Gasteiger partial charge in [-0.2, -0.15) is 0 Å². The zero-order valence-corrected chi connectivity index (χ0v) is 20.0. The number of benzene rings is 2. The number of amides is 1. The highest BCUT2D eigenvalue weighted by molar-refractivity contribution is 7.99. The quantitative estimate of drug-likeness (QED) is 0.369. The minimum absolute atomic E-state index is 0.0861. The Kier molecular flexibility index (Phi) is 7.80. The summed E-state index contributed by atoms with van der Waals surface area (Å²) in [4.78, 5) is 13.8. The van der Waals surface area contributed by atoms with Gasteiger partial charge >= 0.3 is 0 Å². The molecular formula is C23H24ClF3N5OS+. The molecule has 11 heteroatoms. The summed E-state index contributed by atoms with van der Waals surface area (Å²) >= 11 is 7.18. The molecular weight excluding hydrogens is 487 g/mol. The van der Waals surface area contributed by atoms with Gasteiger partial charge < -0.3 is 10.2 Å². The molecule has 1 aliphatic rings. The number of quaternary nitrogens is 1. The minimum atomic E-state index is -1.63. The Bertz CT molecular complexity index is 1170. The van der Waals surface area contributed by atoms with Gasteiger partial charge in [0.1, 0.15) is 6.04 Å². The molecule has 34 heavy (non-hydrogen) atoms. The highest BCUT2D eigenvalue weighted by Crippen LogP contribution is 2.26. The number of halogens is 4. The van der Waals surface area contributed by atoms with Crippen LogP contribution in [0.4, 0.5) is 18.9 Å². The van der Waals surface area contributed by atoms with Gasteiger partial charge in [-0.3, -0.25) is 9.36 Å². The van der Waals surface area contributed by atoms with Crippen molar-refractivity contribution in [2.24, 2.45) is 0 Å². The smallest absolute Gasteiger partial charge is 0.234 e. The van der Waals surface area contributed by atoms with Crippen molar-refractivity contribution < 1.29 is 22.9 Å². The fourth-order valence-corrected chi connectivity index (χ4v) is 4.93. The maximum absolute atomic E-state index is 13.9. The van der Waals surface area contributed by atoms with Gasteiger partial charge in [0, 0.05) is 10.7 Å². The van der Waals surface area contributed by atoms with Crippen LogP contribution in [0, 0.1) is 17.5 Å². The van der Waals surface area contributed by atoms with Crippen molar-refractivity contribution in [3.8, 4) is 5.69 Å². The molecule has 0 aliphatic carbocycles. The van der Waals surface area contributed by atoms with Crippen molar-refractivity contribution >= 4 is 35.0 Å². The predicted molar refractivity (Wildman–Crippen MR) is 125 cm³/mol. The maximum Gasteiger partial charge on any atom is 0.234 e. The highest BCUT2D eigenvalue weighted by atomic mass is 35.5. The fraction of sp³-hybridized carbons (Fsp3) is 0.348. The van der Waals surface area contributed by atoms with Crippen LogP contribution in [0.1, 0.15) is 38.1 Å². The van der Waals surface area contributed by atoms with Crippen LogP contribution in [0.5, 0.6) is 0 Å². The molecule has 1 saturated heterocycles. The van der Waals surface area contributed by atoms with E-state index in [-0.39, 0.29) is 11.8 Å². The average molecular weight is 511 g/mol. The largest absolute Gasteiger partial charge is 0.326 e. The van der Waals surface area contributed by atoms with E-state index in [1.165, 1.54) is 11.3 Å². The summed E-state index contributed by atoms with van der Waals surface area (Å²) in [6, 6.07) is 9.08. The molecule has 180 valence electrons. The molecule has 0 bridgehead atoms. The molecule has 1 fully saturated rings. The Hall–Kier alpha value is -2.56. The second-order valence-electron chi connectivity index (χ2n) is 8.15. The van der Waals surface area contributed by atoms with Gasteiger partial charge in [0.2, 0.25) is 5.91 Å². The number of hydrogen-bond donors (Lipinski definition) is 2. The van der Waals surface area contributed by atoms with Gasteiger partial charge in [-0.1, -0.05) is 23.4 Å². The van der Waals surface area contributed by atoms with Crippen LogP contribution < -0.4 is 10.2 Å². The van der Waals surface area contributed by atoms with Gasteiger partial charge in [0.15, 0.2) is 28.4 Å². The summed E-state index contributed by atoms with van der Waals surface area (Å²) in [6.07, 6.45) is 3.56. The number of carbonyl (C=O) groups is 1. The number of thioether (sulfide) groups is 1. The monoisotopic (exact) mass is 510 g/mol. The molecule has 3 aromatic rings. The number of nitrogens with one attached hydrogen (secondary N) is 2. The maximum atomic E-state index is 13.9. The van der Waals surface area contributed by atoms with E-state index >= 15 is 0 Å². The second-order valence-corrected chi connectivity index (χ2v) is 9.53.